The van der Waals surface area contributed by atoms with E-state index >= 15 is 0 Å². The first-order valence-electron chi connectivity index (χ1n) is 11.3. The van der Waals surface area contributed by atoms with Crippen LogP contribution in [0.4, 0.5) is 17.1 Å². The average Bonchev–Trinajstić information content (AvgIpc) is 2.91. The van der Waals surface area contributed by atoms with Crippen molar-refractivity contribution < 1.29 is 0 Å². The Morgan fingerprint density at radius 2 is 0.800 bits per heavy atom. The van der Waals surface area contributed by atoms with E-state index in [2.05, 4.69) is 200 Å². The van der Waals surface area contributed by atoms with Gasteiger partial charge in [0.2, 0.25) is 0 Å². The topological polar surface area (TPSA) is 3.24 Å². The van der Waals surface area contributed by atoms with Crippen molar-refractivity contribution in [1.82, 2.24) is 0 Å². The number of hydrogen-bond acceptors (Lipinski definition) is 1. The molecule has 0 heterocycles. The van der Waals surface area contributed by atoms with Crippen LogP contribution in [0.2, 0.25) is 0 Å². The quantitative estimate of drug-likeness (QED) is 0.122. The van der Waals surface area contributed by atoms with E-state index in [0.717, 1.165) is 17.1 Å². The Morgan fingerprint density at radius 3 is 1.26 bits per heavy atom. The fraction of sp³-hybridized carbons (Fsp3) is 0.0323. The summed E-state index contributed by atoms with van der Waals surface area (Å²) in [6.07, 6.45) is 0. The van der Waals surface area contributed by atoms with Gasteiger partial charge in [-0.25, -0.2) is 0 Å². The van der Waals surface area contributed by atoms with Crippen LogP contribution in [0, 0.1) is 7.14 Å². The van der Waals surface area contributed by atoms with Crippen LogP contribution in [-0.2, 0) is 0 Å². The third-order valence-electron chi connectivity index (χ3n) is 5.92. The Hall–Kier alpha value is -1.91. The maximum atomic E-state index is 2.54. The summed E-state index contributed by atoms with van der Waals surface area (Å²) in [5, 5.41) is 0. The van der Waals surface area contributed by atoms with Crippen molar-refractivity contribution >= 4 is 84.8 Å². The van der Waals surface area contributed by atoms with Gasteiger partial charge in [-0.05, 0) is 128 Å². The van der Waals surface area contributed by atoms with Crippen molar-refractivity contribution in [2.24, 2.45) is 0 Å². The van der Waals surface area contributed by atoms with Gasteiger partial charge in [0, 0.05) is 24.2 Å². The molecule has 1 atom stereocenters. The predicted octanol–water partition coefficient (Wildman–Crippen LogP) is 10.6. The van der Waals surface area contributed by atoms with Crippen LogP contribution in [-0.4, -0.2) is 0 Å². The van der Waals surface area contributed by atoms with Crippen LogP contribution in [0.25, 0.3) is 11.1 Å². The number of nitrogens with zero attached hydrogens (tertiary/aromatic N) is 1. The summed E-state index contributed by atoms with van der Waals surface area (Å²) in [5.41, 5.74) is 8.57. The summed E-state index contributed by atoms with van der Waals surface area (Å²) >= 11 is 7.25. The maximum absolute atomic E-state index is 2.54. The lowest BCUT2D eigenvalue weighted by Gasteiger charge is -2.26. The zero-order chi connectivity index (χ0) is 24.2. The van der Waals surface area contributed by atoms with Gasteiger partial charge in [-0.3, -0.25) is 0 Å². The zero-order valence-electron chi connectivity index (χ0n) is 18.8. The highest BCUT2D eigenvalue weighted by atomic mass is 127. The largest absolute Gasteiger partial charge is 0.311 e. The second kappa shape index (κ2) is 11.4. The Kier molecular flexibility index (Phi) is 8.09. The molecule has 1 nitrogen and oxygen atoms in total. The third-order valence-corrected chi connectivity index (χ3v) is 8.80. The van der Waals surface area contributed by atoms with Crippen LogP contribution in [0.15, 0.2) is 127 Å². The number of rotatable bonds is 6. The molecule has 5 aromatic carbocycles. The number of alkyl halides is 1. The van der Waals surface area contributed by atoms with Crippen LogP contribution in [0.5, 0.6) is 0 Å². The van der Waals surface area contributed by atoms with Gasteiger partial charge in [0.15, 0.2) is 0 Å². The van der Waals surface area contributed by atoms with Crippen molar-refractivity contribution in [2.75, 3.05) is 4.90 Å². The van der Waals surface area contributed by atoms with Gasteiger partial charge in [0.05, 0.1) is 3.92 Å². The highest BCUT2D eigenvalue weighted by Crippen LogP contribution is 2.38. The summed E-state index contributed by atoms with van der Waals surface area (Å²) < 4.78 is 2.75. The van der Waals surface area contributed by atoms with Gasteiger partial charge >= 0.3 is 0 Å². The third kappa shape index (κ3) is 5.91. The van der Waals surface area contributed by atoms with Crippen molar-refractivity contribution in [3.05, 3.63) is 146 Å². The van der Waals surface area contributed by atoms with E-state index in [9.17, 15) is 0 Å². The van der Waals surface area contributed by atoms with E-state index in [4.69, 9.17) is 0 Å². The molecule has 0 bridgehead atoms. The van der Waals surface area contributed by atoms with E-state index in [0.29, 0.717) is 0 Å². The van der Waals surface area contributed by atoms with Crippen molar-refractivity contribution in [3.8, 4) is 11.1 Å². The molecule has 0 saturated carbocycles. The number of hydrogen-bond donors (Lipinski definition) is 0. The lowest BCUT2D eigenvalue weighted by molar-refractivity contribution is 1.19. The van der Waals surface area contributed by atoms with E-state index in [-0.39, 0.29) is 3.92 Å². The number of halogens is 3. The smallest absolute Gasteiger partial charge is 0.0608 e. The molecular formula is C31H22I3N. The summed E-state index contributed by atoms with van der Waals surface area (Å²) in [7, 11) is 0. The van der Waals surface area contributed by atoms with Crippen molar-refractivity contribution in [1.29, 1.82) is 0 Å². The lowest BCUT2D eigenvalue weighted by atomic mass is 10.00. The Bertz CT molecular complexity index is 1330. The molecule has 172 valence electrons. The van der Waals surface area contributed by atoms with Crippen LogP contribution in [0.3, 0.4) is 0 Å². The van der Waals surface area contributed by atoms with Crippen LogP contribution in [0.1, 0.15) is 15.1 Å². The minimum atomic E-state index is 0.288. The molecule has 5 aromatic rings. The number of benzene rings is 5. The second-order valence-electron chi connectivity index (χ2n) is 8.23. The standard InChI is InChI=1S/C31H22I3N/c32-26-12-18-29(19-13-26)35(30-20-14-27(33)15-21-30)28-16-10-25(11-17-28)31(34)24-8-6-23(7-9-24)22-4-2-1-3-5-22/h1-21,31H. The highest BCUT2D eigenvalue weighted by Gasteiger charge is 2.15. The number of anilines is 3. The first-order valence-corrected chi connectivity index (χ1v) is 14.7. The summed E-state index contributed by atoms with van der Waals surface area (Å²) in [4.78, 5) is 2.31. The molecule has 4 heteroatoms. The Balaban J connectivity index is 1.42. The molecule has 0 saturated heterocycles. The Labute approximate surface area is 248 Å². The van der Waals surface area contributed by atoms with Crippen molar-refractivity contribution in [3.63, 3.8) is 0 Å². The van der Waals surface area contributed by atoms with E-state index < -0.39 is 0 Å². The molecular weight excluding hydrogens is 767 g/mol. The summed E-state index contributed by atoms with van der Waals surface area (Å²) in [6, 6.07) is 45.8. The van der Waals surface area contributed by atoms with Gasteiger partial charge in [0.25, 0.3) is 0 Å². The molecule has 0 radical (unpaired) electrons. The van der Waals surface area contributed by atoms with Gasteiger partial charge < -0.3 is 4.90 Å². The lowest BCUT2D eigenvalue weighted by Crippen LogP contribution is -2.10. The van der Waals surface area contributed by atoms with Gasteiger partial charge in [0.1, 0.15) is 0 Å². The molecule has 5 rings (SSSR count). The summed E-state index contributed by atoms with van der Waals surface area (Å²) in [6.45, 7) is 0. The molecule has 0 fully saturated rings. The van der Waals surface area contributed by atoms with Crippen LogP contribution >= 0.6 is 67.8 Å². The monoisotopic (exact) mass is 789 g/mol. The van der Waals surface area contributed by atoms with E-state index in [1.165, 1.54) is 29.4 Å². The average molecular weight is 789 g/mol. The molecule has 1 unspecified atom stereocenters. The maximum Gasteiger partial charge on any atom is 0.0608 e. The molecule has 0 spiro atoms. The zero-order valence-corrected chi connectivity index (χ0v) is 25.3. The Morgan fingerprint density at radius 1 is 0.429 bits per heavy atom. The molecule has 0 aliphatic heterocycles. The molecule has 0 N–H and O–H groups in total. The van der Waals surface area contributed by atoms with E-state index in [1.807, 2.05) is 0 Å². The normalized spacial score (nSPS) is 11.7. The minimum absolute atomic E-state index is 0.288. The van der Waals surface area contributed by atoms with Gasteiger partial charge in [-0.15, -0.1) is 0 Å². The van der Waals surface area contributed by atoms with Gasteiger partial charge in [-0.1, -0.05) is 89.3 Å². The SMILES string of the molecule is Ic1ccc(N(c2ccc(I)cc2)c2ccc(C(I)c3ccc(-c4ccccc4)cc3)cc2)cc1. The molecule has 0 aliphatic carbocycles. The first kappa shape index (κ1) is 24.8. The first-order chi connectivity index (χ1) is 17.1. The fourth-order valence-electron chi connectivity index (χ4n) is 4.09. The van der Waals surface area contributed by atoms with Gasteiger partial charge in [-0.2, -0.15) is 0 Å². The molecule has 0 amide bonds. The molecule has 0 aliphatic rings. The molecule has 0 aromatic heterocycles. The van der Waals surface area contributed by atoms with E-state index in [1.54, 1.807) is 0 Å². The molecule has 35 heavy (non-hydrogen) atoms. The van der Waals surface area contributed by atoms with Crippen molar-refractivity contribution in [2.45, 2.75) is 3.92 Å². The van der Waals surface area contributed by atoms with Crippen LogP contribution < -0.4 is 4.90 Å². The second-order valence-corrected chi connectivity index (χ2v) is 12.0. The minimum Gasteiger partial charge on any atom is -0.311 e. The highest BCUT2D eigenvalue weighted by molar-refractivity contribution is 14.1. The predicted molar refractivity (Wildman–Crippen MR) is 174 cm³/mol. The fourth-order valence-corrected chi connectivity index (χ4v) is 5.64. The summed E-state index contributed by atoms with van der Waals surface area (Å²) in [5.74, 6) is 0.